The van der Waals surface area contributed by atoms with Gasteiger partial charge < -0.3 is 4.90 Å². The van der Waals surface area contributed by atoms with Crippen LogP contribution in [0, 0.1) is 0 Å². The summed E-state index contributed by atoms with van der Waals surface area (Å²) in [5, 5.41) is 1.17. The minimum atomic E-state index is 0.0499. The van der Waals surface area contributed by atoms with Crippen LogP contribution in [-0.2, 0) is 6.54 Å². The van der Waals surface area contributed by atoms with Gasteiger partial charge in [-0.1, -0.05) is 84.1 Å². The van der Waals surface area contributed by atoms with Crippen LogP contribution in [0.15, 0.2) is 103 Å². The lowest BCUT2D eigenvalue weighted by molar-refractivity contribution is -0.659. The van der Waals surface area contributed by atoms with Crippen molar-refractivity contribution < 1.29 is 9.36 Å². The van der Waals surface area contributed by atoms with Crippen LogP contribution in [0.2, 0.25) is 0 Å². The van der Waals surface area contributed by atoms with Crippen LogP contribution in [-0.4, -0.2) is 19.9 Å². The quantitative estimate of drug-likeness (QED) is 0.193. The molecule has 0 aliphatic rings. The molecule has 0 atom stereocenters. The highest BCUT2D eigenvalue weighted by Gasteiger charge is 2.19. The van der Waals surface area contributed by atoms with Crippen molar-refractivity contribution in [3.05, 3.63) is 130 Å². The Bertz CT molecular complexity index is 1500. The van der Waals surface area contributed by atoms with Crippen LogP contribution in [0.25, 0.3) is 22.4 Å². The van der Waals surface area contributed by atoms with E-state index in [4.69, 9.17) is 0 Å². The number of aromatic nitrogens is 1. The molecule has 1 aromatic heterocycles. The average molecular weight is 476 g/mol. The van der Waals surface area contributed by atoms with Crippen molar-refractivity contribution in [2.45, 2.75) is 6.54 Å². The predicted octanol–water partition coefficient (Wildman–Crippen LogP) is 6.70. The molecule has 35 heavy (non-hydrogen) atoms. The normalized spacial score (nSPS) is 11.3. The van der Waals surface area contributed by atoms with E-state index in [2.05, 4.69) is 76.2 Å². The summed E-state index contributed by atoms with van der Waals surface area (Å²) in [4.78, 5) is 15.1. The van der Waals surface area contributed by atoms with Crippen LogP contribution in [0.4, 0.5) is 5.69 Å². The van der Waals surface area contributed by atoms with Gasteiger partial charge in [0.25, 0.3) is 5.01 Å². The number of carbonyl (C=O) groups is 1. The molecule has 4 aromatic carbocycles. The monoisotopic (exact) mass is 475 g/mol. The van der Waals surface area contributed by atoms with Gasteiger partial charge in [-0.3, -0.25) is 4.79 Å². The zero-order chi connectivity index (χ0) is 24.2. The topological polar surface area (TPSA) is 24.2 Å². The van der Waals surface area contributed by atoms with Crippen LogP contribution in [0.1, 0.15) is 32.1 Å². The Kier molecular flexibility index (Phi) is 6.55. The highest BCUT2D eigenvalue weighted by Crippen LogP contribution is 2.23. The maximum atomic E-state index is 13.0. The molecule has 0 amide bonds. The number of fused-ring (bicyclic) bond motifs is 1. The van der Waals surface area contributed by atoms with E-state index in [1.165, 1.54) is 20.9 Å². The van der Waals surface area contributed by atoms with Crippen molar-refractivity contribution in [2.24, 2.45) is 0 Å². The van der Waals surface area contributed by atoms with E-state index >= 15 is 0 Å². The zero-order valence-corrected chi connectivity index (χ0v) is 20.7. The van der Waals surface area contributed by atoms with E-state index in [-0.39, 0.29) is 5.78 Å². The molecule has 0 unspecified atom stereocenters. The van der Waals surface area contributed by atoms with Crippen molar-refractivity contribution in [1.29, 1.82) is 0 Å². The minimum Gasteiger partial charge on any atom is -0.378 e. The van der Waals surface area contributed by atoms with E-state index in [9.17, 15) is 4.79 Å². The molecule has 0 bridgehead atoms. The van der Waals surface area contributed by atoms with Gasteiger partial charge in [-0.05, 0) is 35.9 Å². The second-order valence-corrected chi connectivity index (χ2v) is 9.77. The van der Waals surface area contributed by atoms with Gasteiger partial charge in [-0.25, -0.2) is 0 Å². The molecule has 0 saturated carbocycles. The Balaban J connectivity index is 1.47. The van der Waals surface area contributed by atoms with Crippen LogP contribution >= 0.6 is 11.3 Å². The summed E-state index contributed by atoms with van der Waals surface area (Å²) < 4.78 is 3.57. The molecule has 0 saturated heterocycles. The number of hydrogen-bond donors (Lipinski definition) is 0. The standard InChI is InChI=1S/C31H27N2OS/c1-32(2)27-18-15-23(16-19-27)17-20-30-33(28-13-6-7-14-29(28)35-30)22-24-9-8-12-26(21-24)31(34)25-10-4-3-5-11-25/h3-21H,22H2,1-2H3/q+1. The van der Waals surface area contributed by atoms with Crippen molar-refractivity contribution in [2.75, 3.05) is 19.0 Å². The molecule has 0 aliphatic heterocycles. The number of carbonyl (C=O) groups excluding carboxylic acids is 1. The fraction of sp³-hybridized carbons (Fsp3) is 0.0968. The largest absolute Gasteiger partial charge is 0.378 e. The molecule has 0 aliphatic carbocycles. The van der Waals surface area contributed by atoms with Gasteiger partial charge in [0.05, 0.1) is 0 Å². The van der Waals surface area contributed by atoms with E-state index in [1.807, 2.05) is 62.6 Å². The summed E-state index contributed by atoms with van der Waals surface area (Å²) in [5.41, 5.74) is 6.07. The molecule has 0 fully saturated rings. The van der Waals surface area contributed by atoms with Gasteiger partial charge in [0.1, 0.15) is 4.70 Å². The number of ketones is 1. The van der Waals surface area contributed by atoms with E-state index in [0.29, 0.717) is 17.7 Å². The summed E-state index contributed by atoms with van der Waals surface area (Å²) >= 11 is 1.78. The van der Waals surface area contributed by atoms with Gasteiger partial charge >= 0.3 is 0 Å². The number of hydrogen-bond acceptors (Lipinski definition) is 3. The number of anilines is 1. The van der Waals surface area contributed by atoms with Crippen LogP contribution in [0.3, 0.4) is 0 Å². The van der Waals surface area contributed by atoms with Crippen molar-refractivity contribution in [3.63, 3.8) is 0 Å². The van der Waals surface area contributed by atoms with Gasteiger partial charge in [0.2, 0.25) is 5.52 Å². The Morgan fingerprint density at radius 3 is 2.29 bits per heavy atom. The van der Waals surface area contributed by atoms with Crippen molar-refractivity contribution >= 4 is 45.2 Å². The Morgan fingerprint density at radius 2 is 1.51 bits per heavy atom. The lowest BCUT2D eigenvalue weighted by atomic mass is 10.0. The van der Waals surface area contributed by atoms with Crippen molar-refractivity contribution in [1.82, 2.24) is 0 Å². The lowest BCUT2D eigenvalue weighted by Crippen LogP contribution is -2.35. The highest BCUT2D eigenvalue weighted by molar-refractivity contribution is 7.18. The van der Waals surface area contributed by atoms with Crippen molar-refractivity contribution in [3.8, 4) is 0 Å². The van der Waals surface area contributed by atoms with E-state index in [0.717, 1.165) is 11.1 Å². The molecular formula is C31H27N2OS+. The van der Waals surface area contributed by atoms with Gasteiger partial charge in [0.15, 0.2) is 12.3 Å². The first-order valence-electron chi connectivity index (χ1n) is 11.6. The molecule has 4 heteroatoms. The number of thiazole rings is 1. The summed E-state index contributed by atoms with van der Waals surface area (Å²) in [7, 11) is 4.10. The highest BCUT2D eigenvalue weighted by atomic mass is 32.1. The van der Waals surface area contributed by atoms with Crippen LogP contribution < -0.4 is 9.47 Å². The Hall–Kier alpha value is -4.02. The average Bonchev–Trinajstić information content (AvgIpc) is 3.25. The Labute approximate surface area is 210 Å². The summed E-state index contributed by atoms with van der Waals surface area (Å²) in [6, 6.07) is 34.5. The predicted molar refractivity (Wildman–Crippen MR) is 147 cm³/mol. The Morgan fingerprint density at radius 1 is 0.800 bits per heavy atom. The van der Waals surface area contributed by atoms with E-state index < -0.39 is 0 Å². The third kappa shape index (κ3) is 5.08. The third-order valence-electron chi connectivity index (χ3n) is 6.03. The molecular weight excluding hydrogens is 448 g/mol. The number of rotatable bonds is 7. The molecule has 1 heterocycles. The number of para-hydroxylation sites is 1. The molecule has 0 radical (unpaired) electrons. The molecule has 0 N–H and O–H groups in total. The van der Waals surface area contributed by atoms with Crippen LogP contribution in [0.5, 0.6) is 0 Å². The van der Waals surface area contributed by atoms with E-state index in [1.54, 1.807) is 11.3 Å². The summed E-state index contributed by atoms with van der Waals surface area (Å²) in [5.74, 6) is 0.0499. The van der Waals surface area contributed by atoms with Gasteiger partial charge in [-0.2, -0.15) is 4.57 Å². The van der Waals surface area contributed by atoms with Gasteiger partial charge in [-0.15, -0.1) is 0 Å². The minimum absolute atomic E-state index is 0.0499. The first-order chi connectivity index (χ1) is 17.1. The fourth-order valence-corrected chi connectivity index (χ4v) is 5.20. The lowest BCUT2D eigenvalue weighted by Gasteiger charge is -2.11. The maximum absolute atomic E-state index is 13.0. The summed E-state index contributed by atoms with van der Waals surface area (Å²) in [6.45, 7) is 0.694. The summed E-state index contributed by atoms with van der Waals surface area (Å²) in [6.07, 6.45) is 4.35. The smallest absolute Gasteiger partial charge is 0.263 e. The molecule has 5 aromatic rings. The molecule has 5 rings (SSSR count). The maximum Gasteiger partial charge on any atom is 0.263 e. The SMILES string of the molecule is CN(C)c1ccc(/C=C/c2sc3ccccc3[n+]2Cc2cccc(C(=O)c3ccccc3)c2)cc1. The first-order valence-corrected chi connectivity index (χ1v) is 12.5. The second kappa shape index (κ2) is 10.1. The zero-order valence-electron chi connectivity index (χ0n) is 19.9. The first kappa shape index (κ1) is 22.8. The number of nitrogens with zero attached hydrogens (tertiary/aromatic N) is 2. The molecule has 3 nitrogen and oxygen atoms in total. The molecule has 172 valence electrons. The van der Waals surface area contributed by atoms with Gasteiger partial charge in [0, 0.05) is 48.6 Å². The fourth-order valence-electron chi connectivity index (χ4n) is 4.14. The number of benzene rings is 4. The molecule has 0 spiro atoms. The second-order valence-electron chi connectivity index (χ2n) is 8.71. The third-order valence-corrected chi connectivity index (χ3v) is 7.16.